The molecule has 2 N–H and O–H groups in total. The van der Waals surface area contributed by atoms with Crippen LogP contribution in [0.1, 0.15) is 40.8 Å². The number of hydrogen-bond donors (Lipinski definition) is 1. The molecule has 2 heterocycles. The Kier molecular flexibility index (Phi) is 8.86. The van der Waals surface area contributed by atoms with Crippen molar-refractivity contribution in [3.8, 4) is 0 Å². The molecule has 138 valence electrons. The average molecular weight is 402 g/mol. The lowest BCUT2D eigenvalue weighted by molar-refractivity contribution is 0.0655. The second-order valence-corrected chi connectivity index (χ2v) is 7.24. The smallest absolute Gasteiger partial charge is 0.273 e. The van der Waals surface area contributed by atoms with E-state index < -0.39 is 0 Å². The molecule has 0 aliphatic carbocycles. The van der Waals surface area contributed by atoms with Crippen LogP contribution < -0.4 is 5.73 Å². The van der Waals surface area contributed by atoms with Gasteiger partial charge in [-0.05, 0) is 31.2 Å². The van der Waals surface area contributed by atoms with Gasteiger partial charge in [0, 0.05) is 30.9 Å². The van der Waals surface area contributed by atoms with Gasteiger partial charge in [-0.3, -0.25) is 4.79 Å². The number of nitrogens with zero attached hydrogens (tertiary/aromatic N) is 2. The van der Waals surface area contributed by atoms with Crippen LogP contribution in [0, 0.1) is 5.92 Å². The molecule has 2 aromatic rings. The molecule has 2 unspecified atom stereocenters. The highest BCUT2D eigenvalue weighted by Crippen LogP contribution is 2.22. The van der Waals surface area contributed by atoms with E-state index in [-0.39, 0.29) is 36.8 Å². The number of nitrogens with two attached hydrogens (primary N) is 1. The molecule has 1 aliphatic heterocycles. The van der Waals surface area contributed by atoms with Crippen molar-refractivity contribution in [2.75, 3.05) is 13.1 Å². The van der Waals surface area contributed by atoms with Gasteiger partial charge in [0.2, 0.25) is 0 Å². The quantitative estimate of drug-likeness (QED) is 0.847. The van der Waals surface area contributed by atoms with Crippen LogP contribution in [0.5, 0.6) is 0 Å². The van der Waals surface area contributed by atoms with Gasteiger partial charge in [-0.25, -0.2) is 4.98 Å². The van der Waals surface area contributed by atoms with Gasteiger partial charge in [0.25, 0.3) is 5.91 Å². The molecular weight excluding hydrogens is 377 g/mol. The number of rotatable bonds is 4. The predicted molar refractivity (Wildman–Crippen MR) is 108 cm³/mol. The fraction of sp³-hybridized carbons (Fsp3) is 0.444. The Morgan fingerprint density at radius 3 is 2.76 bits per heavy atom. The summed E-state index contributed by atoms with van der Waals surface area (Å²) in [6.07, 6.45) is 2.91. The fourth-order valence-corrected chi connectivity index (χ4v) is 3.85. The molecule has 1 aromatic heterocycles. The van der Waals surface area contributed by atoms with Crippen molar-refractivity contribution >= 4 is 42.1 Å². The third-order valence-corrected chi connectivity index (χ3v) is 5.31. The van der Waals surface area contributed by atoms with Crippen LogP contribution in [-0.4, -0.2) is 34.9 Å². The number of thiazole rings is 1. The first kappa shape index (κ1) is 21.9. The van der Waals surface area contributed by atoms with E-state index in [1.165, 1.54) is 5.56 Å². The van der Waals surface area contributed by atoms with Gasteiger partial charge in [-0.2, -0.15) is 0 Å². The van der Waals surface area contributed by atoms with Gasteiger partial charge in [-0.1, -0.05) is 30.3 Å². The predicted octanol–water partition coefficient (Wildman–Crippen LogP) is 3.78. The van der Waals surface area contributed by atoms with Crippen molar-refractivity contribution in [2.45, 2.75) is 32.2 Å². The lowest BCUT2D eigenvalue weighted by atomic mass is 9.92. The minimum atomic E-state index is 0. The number of likely N-dealkylation sites (tertiary alicyclic amines) is 1. The molecule has 0 spiro atoms. The Morgan fingerprint density at radius 1 is 1.36 bits per heavy atom. The number of amides is 1. The lowest BCUT2D eigenvalue weighted by Gasteiger charge is -2.34. The maximum atomic E-state index is 12.7. The van der Waals surface area contributed by atoms with Gasteiger partial charge in [-0.15, -0.1) is 36.2 Å². The molecule has 1 saturated heterocycles. The Morgan fingerprint density at radius 2 is 2.08 bits per heavy atom. The monoisotopic (exact) mass is 401 g/mol. The molecule has 0 bridgehead atoms. The second kappa shape index (κ2) is 10.1. The molecule has 4 nitrogen and oxygen atoms in total. The summed E-state index contributed by atoms with van der Waals surface area (Å²) in [5.74, 6) is 0.445. The Labute approximate surface area is 165 Å². The van der Waals surface area contributed by atoms with Crippen molar-refractivity contribution in [3.63, 3.8) is 0 Å². The van der Waals surface area contributed by atoms with Gasteiger partial charge in [0.1, 0.15) is 5.69 Å². The van der Waals surface area contributed by atoms with Crippen LogP contribution in [0.15, 0.2) is 35.7 Å². The normalized spacial score (nSPS) is 18.0. The molecule has 0 radical (unpaired) electrons. The summed E-state index contributed by atoms with van der Waals surface area (Å²) in [4.78, 5) is 19.1. The lowest BCUT2D eigenvalue weighted by Crippen LogP contribution is -2.45. The Bertz CT molecular complexity index is 663. The highest BCUT2D eigenvalue weighted by molar-refractivity contribution is 7.09. The standard InChI is InChI=1S/C18H23N3OS.2ClH/c1-13(19)15-8-5-9-21(11-15)18(22)16-12-23-17(20-16)10-14-6-3-2-4-7-14;;/h2-4,6-7,12-13,15H,5,8-11,19H2,1H3;2*1H. The van der Waals surface area contributed by atoms with E-state index in [0.717, 1.165) is 37.4 Å². The SMILES string of the molecule is CC(N)C1CCCN(C(=O)c2csc(Cc3ccccc3)n2)C1.Cl.Cl. The molecule has 0 saturated carbocycles. The van der Waals surface area contributed by atoms with Crippen molar-refractivity contribution in [2.24, 2.45) is 11.7 Å². The van der Waals surface area contributed by atoms with E-state index in [1.807, 2.05) is 35.4 Å². The van der Waals surface area contributed by atoms with E-state index in [0.29, 0.717) is 11.6 Å². The summed E-state index contributed by atoms with van der Waals surface area (Å²) in [5, 5.41) is 2.87. The molecule has 3 rings (SSSR count). The molecule has 1 aliphatic rings. The number of carbonyl (C=O) groups is 1. The number of piperidine rings is 1. The number of carbonyl (C=O) groups excluding carboxylic acids is 1. The minimum Gasteiger partial charge on any atom is -0.337 e. The molecule has 25 heavy (non-hydrogen) atoms. The summed E-state index contributed by atoms with van der Waals surface area (Å²) >= 11 is 1.56. The summed E-state index contributed by atoms with van der Waals surface area (Å²) in [5.41, 5.74) is 7.80. The zero-order valence-electron chi connectivity index (χ0n) is 14.3. The minimum absolute atomic E-state index is 0. The third-order valence-electron chi connectivity index (χ3n) is 4.46. The molecule has 1 aromatic carbocycles. The van der Waals surface area contributed by atoms with Crippen LogP contribution in [0.4, 0.5) is 0 Å². The van der Waals surface area contributed by atoms with Crippen molar-refractivity contribution in [3.05, 3.63) is 52.0 Å². The van der Waals surface area contributed by atoms with Gasteiger partial charge in [0.05, 0.1) is 5.01 Å². The number of halogens is 2. The maximum absolute atomic E-state index is 12.7. The maximum Gasteiger partial charge on any atom is 0.273 e. The van der Waals surface area contributed by atoms with Crippen molar-refractivity contribution < 1.29 is 4.79 Å². The third kappa shape index (κ3) is 5.68. The van der Waals surface area contributed by atoms with Crippen LogP contribution in [0.2, 0.25) is 0 Å². The molecule has 7 heteroatoms. The summed E-state index contributed by atoms with van der Waals surface area (Å²) in [7, 11) is 0. The van der Waals surface area contributed by atoms with Crippen LogP contribution >= 0.6 is 36.2 Å². The van der Waals surface area contributed by atoms with E-state index in [9.17, 15) is 4.79 Å². The largest absolute Gasteiger partial charge is 0.337 e. The zero-order valence-corrected chi connectivity index (χ0v) is 16.7. The van der Waals surface area contributed by atoms with E-state index >= 15 is 0 Å². The Hall–Kier alpha value is -1.14. The molecule has 2 atom stereocenters. The highest BCUT2D eigenvalue weighted by Gasteiger charge is 2.27. The molecular formula is C18H25Cl2N3OS. The van der Waals surface area contributed by atoms with Gasteiger partial charge in [0.15, 0.2) is 0 Å². The topological polar surface area (TPSA) is 59.2 Å². The van der Waals surface area contributed by atoms with Crippen molar-refractivity contribution in [1.29, 1.82) is 0 Å². The first-order valence-corrected chi connectivity index (χ1v) is 9.04. The summed E-state index contributed by atoms with van der Waals surface area (Å²) < 4.78 is 0. The van der Waals surface area contributed by atoms with Gasteiger partial charge >= 0.3 is 0 Å². The molecule has 1 amide bonds. The molecule has 1 fully saturated rings. The summed E-state index contributed by atoms with van der Waals surface area (Å²) in [6.45, 7) is 3.59. The Balaban J connectivity index is 0.00000156. The zero-order chi connectivity index (χ0) is 16.2. The first-order valence-electron chi connectivity index (χ1n) is 8.16. The van der Waals surface area contributed by atoms with Crippen molar-refractivity contribution in [1.82, 2.24) is 9.88 Å². The van der Waals surface area contributed by atoms with E-state index in [2.05, 4.69) is 17.1 Å². The van der Waals surface area contributed by atoms with Crippen LogP contribution in [-0.2, 0) is 6.42 Å². The van der Waals surface area contributed by atoms with Gasteiger partial charge < -0.3 is 10.6 Å². The van der Waals surface area contributed by atoms with Crippen LogP contribution in [0.3, 0.4) is 0 Å². The second-order valence-electron chi connectivity index (χ2n) is 6.30. The highest BCUT2D eigenvalue weighted by atomic mass is 35.5. The number of aromatic nitrogens is 1. The van der Waals surface area contributed by atoms with E-state index in [4.69, 9.17) is 5.73 Å². The number of hydrogen-bond acceptors (Lipinski definition) is 4. The first-order chi connectivity index (χ1) is 11.1. The average Bonchev–Trinajstić information content (AvgIpc) is 3.03. The number of benzene rings is 1. The fourth-order valence-electron chi connectivity index (χ4n) is 3.05. The summed E-state index contributed by atoms with van der Waals surface area (Å²) in [6, 6.07) is 10.4. The van der Waals surface area contributed by atoms with Crippen LogP contribution in [0.25, 0.3) is 0 Å². The van der Waals surface area contributed by atoms with E-state index in [1.54, 1.807) is 11.3 Å².